The third-order valence-electron chi connectivity index (χ3n) is 4.78. The molecule has 0 saturated carbocycles. The molecular formula is C17H24N8O. The van der Waals surface area contributed by atoms with Crippen molar-refractivity contribution in [3.63, 3.8) is 0 Å². The Labute approximate surface area is 151 Å². The fraction of sp³-hybridized carbons (Fsp3) is 0.471. The zero-order valence-corrected chi connectivity index (χ0v) is 16.0. The predicted octanol–water partition coefficient (Wildman–Crippen LogP) is 1.09. The molecule has 0 bridgehead atoms. The lowest BCUT2D eigenvalue weighted by Gasteiger charge is -2.16. The van der Waals surface area contributed by atoms with Crippen molar-refractivity contribution in [2.45, 2.75) is 47.1 Å². The number of anilines is 1. The topological polar surface area (TPSA) is 116 Å². The van der Waals surface area contributed by atoms with E-state index >= 15 is 0 Å². The number of fused-ring (bicyclic) bond motifs is 1. The molecule has 0 aromatic carbocycles. The van der Waals surface area contributed by atoms with Gasteiger partial charge in [-0.2, -0.15) is 14.6 Å². The first-order valence-electron chi connectivity index (χ1n) is 8.46. The van der Waals surface area contributed by atoms with E-state index in [1.54, 1.807) is 4.52 Å². The molecule has 138 valence electrons. The fourth-order valence-corrected chi connectivity index (χ4v) is 3.42. The Hall–Kier alpha value is -2.97. The van der Waals surface area contributed by atoms with E-state index in [0.29, 0.717) is 5.78 Å². The minimum absolute atomic E-state index is 0.0828. The van der Waals surface area contributed by atoms with Crippen LogP contribution in [0.15, 0.2) is 0 Å². The zero-order valence-electron chi connectivity index (χ0n) is 16.0. The van der Waals surface area contributed by atoms with Gasteiger partial charge in [-0.25, -0.2) is 4.98 Å². The second-order valence-corrected chi connectivity index (χ2v) is 6.62. The van der Waals surface area contributed by atoms with Crippen LogP contribution in [0.5, 0.6) is 0 Å². The number of nitrogens with one attached hydrogen (secondary N) is 1. The molecule has 3 aromatic rings. The van der Waals surface area contributed by atoms with Crippen molar-refractivity contribution in [2.75, 3.05) is 5.73 Å². The highest BCUT2D eigenvalue weighted by molar-refractivity contribution is 5.79. The highest BCUT2D eigenvalue weighted by Crippen LogP contribution is 2.21. The Morgan fingerprint density at radius 1 is 1.12 bits per heavy atom. The van der Waals surface area contributed by atoms with Crippen LogP contribution in [-0.4, -0.2) is 35.3 Å². The molecule has 0 aliphatic rings. The van der Waals surface area contributed by atoms with Gasteiger partial charge in [0.15, 0.2) is 0 Å². The van der Waals surface area contributed by atoms with Gasteiger partial charge >= 0.3 is 0 Å². The molecule has 26 heavy (non-hydrogen) atoms. The number of carbonyl (C=O) groups is 1. The lowest BCUT2D eigenvalue weighted by molar-refractivity contribution is -0.121. The number of rotatable bonds is 4. The minimum Gasteiger partial charge on any atom is -0.366 e. The Morgan fingerprint density at radius 2 is 1.81 bits per heavy atom. The van der Waals surface area contributed by atoms with E-state index in [-0.39, 0.29) is 24.3 Å². The summed E-state index contributed by atoms with van der Waals surface area (Å²) in [7, 11) is 1.90. The molecule has 9 nitrogen and oxygen atoms in total. The summed E-state index contributed by atoms with van der Waals surface area (Å²) >= 11 is 0. The first-order valence-corrected chi connectivity index (χ1v) is 8.46. The number of aryl methyl sites for hydroxylation is 4. The summed E-state index contributed by atoms with van der Waals surface area (Å²) in [5.74, 6) is 0.523. The van der Waals surface area contributed by atoms with E-state index in [2.05, 4.69) is 25.5 Å². The van der Waals surface area contributed by atoms with Gasteiger partial charge in [-0.3, -0.25) is 9.48 Å². The van der Waals surface area contributed by atoms with Crippen LogP contribution in [0, 0.1) is 27.7 Å². The van der Waals surface area contributed by atoms with Crippen molar-refractivity contribution >= 4 is 17.6 Å². The van der Waals surface area contributed by atoms with E-state index in [0.717, 1.165) is 33.9 Å². The van der Waals surface area contributed by atoms with Gasteiger partial charge < -0.3 is 11.1 Å². The van der Waals surface area contributed by atoms with Crippen molar-refractivity contribution in [1.82, 2.24) is 34.7 Å². The molecule has 0 aliphatic carbocycles. The van der Waals surface area contributed by atoms with Gasteiger partial charge in [-0.1, -0.05) is 0 Å². The summed E-state index contributed by atoms with van der Waals surface area (Å²) in [6.45, 7) is 9.66. The Kier molecular flexibility index (Phi) is 4.39. The average molecular weight is 356 g/mol. The molecule has 1 atom stereocenters. The maximum absolute atomic E-state index is 12.6. The molecule has 3 aromatic heterocycles. The summed E-state index contributed by atoms with van der Waals surface area (Å²) in [6.07, 6.45) is 0.211. The highest BCUT2D eigenvalue weighted by atomic mass is 16.1. The maximum atomic E-state index is 12.6. The van der Waals surface area contributed by atoms with Crippen molar-refractivity contribution < 1.29 is 4.79 Å². The van der Waals surface area contributed by atoms with Crippen molar-refractivity contribution in [1.29, 1.82) is 0 Å². The molecule has 0 aliphatic heterocycles. The third-order valence-corrected chi connectivity index (χ3v) is 4.78. The summed E-state index contributed by atoms with van der Waals surface area (Å²) in [5, 5.41) is 11.6. The van der Waals surface area contributed by atoms with Crippen LogP contribution in [0.2, 0.25) is 0 Å². The first kappa shape index (κ1) is 17.8. The molecule has 3 N–H and O–H groups in total. The van der Waals surface area contributed by atoms with Crippen molar-refractivity contribution in [3.8, 4) is 0 Å². The standard InChI is InChI=1S/C17H24N8O/c1-8-13(11(4)25-17(20-8)21-16(18)23-25)7-14(26)19-9(2)15-10(3)22-24(6)12(15)5/h9H,7H2,1-6H3,(H2,18,23)(H,19,26). The monoisotopic (exact) mass is 356 g/mol. The van der Waals surface area contributed by atoms with Gasteiger partial charge in [-0.15, -0.1) is 5.10 Å². The number of aromatic nitrogens is 6. The van der Waals surface area contributed by atoms with Crippen molar-refractivity contribution in [2.24, 2.45) is 7.05 Å². The van der Waals surface area contributed by atoms with Crippen LogP contribution in [0.25, 0.3) is 5.78 Å². The van der Waals surface area contributed by atoms with E-state index in [9.17, 15) is 4.79 Å². The molecule has 0 fully saturated rings. The Morgan fingerprint density at radius 3 is 2.42 bits per heavy atom. The van der Waals surface area contributed by atoms with Crippen LogP contribution in [0.1, 0.15) is 46.9 Å². The van der Waals surface area contributed by atoms with Gasteiger partial charge in [0.05, 0.1) is 18.2 Å². The molecule has 1 unspecified atom stereocenters. The summed E-state index contributed by atoms with van der Waals surface area (Å²) in [4.78, 5) is 21.1. The number of hydrogen-bond donors (Lipinski definition) is 2. The summed E-state index contributed by atoms with van der Waals surface area (Å²) in [6, 6.07) is -0.129. The second kappa shape index (κ2) is 6.40. The number of amides is 1. The summed E-state index contributed by atoms with van der Waals surface area (Å²) < 4.78 is 3.40. The van der Waals surface area contributed by atoms with Gasteiger partial charge in [-0.05, 0) is 34.6 Å². The van der Waals surface area contributed by atoms with Crippen LogP contribution in [0.4, 0.5) is 5.95 Å². The molecule has 1 amide bonds. The highest BCUT2D eigenvalue weighted by Gasteiger charge is 2.20. The molecule has 0 radical (unpaired) electrons. The van der Waals surface area contributed by atoms with Crippen LogP contribution < -0.4 is 11.1 Å². The van der Waals surface area contributed by atoms with E-state index < -0.39 is 0 Å². The smallest absolute Gasteiger partial charge is 0.254 e. The number of nitrogens with two attached hydrogens (primary N) is 1. The Bertz CT molecular complexity index is 1000. The van der Waals surface area contributed by atoms with Gasteiger partial charge in [0.25, 0.3) is 5.78 Å². The normalized spacial score (nSPS) is 12.5. The predicted molar refractivity (Wildman–Crippen MR) is 97.6 cm³/mol. The second-order valence-electron chi connectivity index (χ2n) is 6.62. The minimum atomic E-state index is -0.129. The SMILES string of the molecule is Cc1nc2nc(N)nn2c(C)c1CC(=O)NC(C)c1c(C)nn(C)c1C. The average Bonchev–Trinajstić information content (AvgIpc) is 3.03. The van der Waals surface area contributed by atoms with Crippen LogP contribution in [0.3, 0.4) is 0 Å². The van der Waals surface area contributed by atoms with Crippen LogP contribution in [-0.2, 0) is 18.3 Å². The quantitative estimate of drug-likeness (QED) is 0.723. The van der Waals surface area contributed by atoms with Crippen molar-refractivity contribution in [3.05, 3.63) is 33.9 Å². The first-order chi connectivity index (χ1) is 12.2. The lowest BCUT2D eigenvalue weighted by atomic mass is 10.0. The number of hydrogen-bond acceptors (Lipinski definition) is 6. The van der Waals surface area contributed by atoms with Gasteiger partial charge in [0, 0.05) is 35.3 Å². The Balaban J connectivity index is 1.83. The zero-order chi connectivity index (χ0) is 19.2. The fourth-order valence-electron chi connectivity index (χ4n) is 3.42. The molecule has 0 spiro atoms. The van der Waals surface area contributed by atoms with Gasteiger partial charge in [0.1, 0.15) is 0 Å². The molecular weight excluding hydrogens is 332 g/mol. The molecule has 0 saturated heterocycles. The van der Waals surface area contributed by atoms with E-state index in [4.69, 9.17) is 5.73 Å². The molecule has 9 heteroatoms. The number of nitrogens with zero attached hydrogens (tertiary/aromatic N) is 6. The van der Waals surface area contributed by atoms with E-state index in [1.807, 2.05) is 46.3 Å². The maximum Gasteiger partial charge on any atom is 0.254 e. The molecule has 3 heterocycles. The largest absolute Gasteiger partial charge is 0.366 e. The lowest BCUT2D eigenvalue weighted by Crippen LogP contribution is -2.29. The summed E-state index contributed by atoms with van der Waals surface area (Å²) in [5.41, 5.74) is 11.1. The van der Waals surface area contributed by atoms with Crippen LogP contribution >= 0.6 is 0 Å². The third kappa shape index (κ3) is 3.00. The van der Waals surface area contributed by atoms with E-state index in [1.165, 1.54) is 0 Å². The number of carbonyl (C=O) groups excluding carboxylic acids is 1. The number of nitrogen functional groups attached to an aromatic ring is 1. The molecule has 3 rings (SSSR count). The van der Waals surface area contributed by atoms with Gasteiger partial charge in [0.2, 0.25) is 11.9 Å².